The normalized spacial score (nSPS) is 12.4. The molecule has 0 saturated carbocycles. The first-order valence-electron chi connectivity index (χ1n) is 10.0. The highest BCUT2D eigenvalue weighted by atomic mass is 16.5. The van der Waals surface area contributed by atoms with E-state index in [0.29, 0.717) is 31.1 Å². The van der Waals surface area contributed by atoms with Crippen LogP contribution >= 0.6 is 0 Å². The van der Waals surface area contributed by atoms with Crippen molar-refractivity contribution in [1.29, 1.82) is 0 Å². The van der Waals surface area contributed by atoms with Crippen molar-refractivity contribution in [3.05, 3.63) is 64.7 Å². The molecule has 0 atom stereocenters. The molecule has 3 aromatic carbocycles. The molecule has 4 rings (SSSR count). The van der Waals surface area contributed by atoms with Crippen LogP contribution in [0.25, 0.3) is 11.1 Å². The molecule has 0 aliphatic heterocycles. The van der Waals surface area contributed by atoms with Crippen LogP contribution in [0.5, 0.6) is 17.2 Å². The number of aromatic hydroxyl groups is 2. The second kappa shape index (κ2) is 8.24. The molecule has 0 amide bonds. The molecular weight excluding hydrogens is 412 g/mol. The predicted molar refractivity (Wildman–Crippen MR) is 119 cm³/mol. The molecule has 0 unspecified atom stereocenters. The van der Waals surface area contributed by atoms with E-state index in [4.69, 9.17) is 20.9 Å². The van der Waals surface area contributed by atoms with Crippen LogP contribution in [0.3, 0.4) is 0 Å². The standard InChI is InChI=1S/C24H22N2O6/c1-2-31-9-10-32-13-5-3-12(4-6-13)14-11-16(26)19-21(22(14)28)24(30)18-15(25)7-8-17(27)20(18)23(19)29/h3-8,11,27-28H,2,9-10,25-26H2,1H3. The van der Waals surface area contributed by atoms with Crippen molar-refractivity contribution in [3.8, 4) is 28.4 Å². The zero-order valence-corrected chi connectivity index (χ0v) is 17.3. The number of carbonyl (C=O) groups excluding carboxylic acids is 2. The Balaban J connectivity index is 1.76. The van der Waals surface area contributed by atoms with Gasteiger partial charge in [-0.2, -0.15) is 0 Å². The minimum atomic E-state index is -0.676. The van der Waals surface area contributed by atoms with Crippen molar-refractivity contribution in [2.75, 3.05) is 31.3 Å². The van der Waals surface area contributed by atoms with Crippen LogP contribution in [0.1, 0.15) is 38.8 Å². The molecule has 0 spiro atoms. The zero-order chi connectivity index (χ0) is 23.0. The molecule has 6 N–H and O–H groups in total. The number of benzene rings is 3. The Morgan fingerprint density at radius 2 is 1.47 bits per heavy atom. The van der Waals surface area contributed by atoms with Gasteiger partial charge in [0.05, 0.1) is 28.9 Å². The van der Waals surface area contributed by atoms with Gasteiger partial charge in [0, 0.05) is 23.5 Å². The minimum absolute atomic E-state index is 0.00988. The van der Waals surface area contributed by atoms with Crippen molar-refractivity contribution in [3.63, 3.8) is 0 Å². The summed E-state index contributed by atoms with van der Waals surface area (Å²) in [6, 6.07) is 10.9. The summed E-state index contributed by atoms with van der Waals surface area (Å²) < 4.78 is 10.8. The summed E-state index contributed by atoms with van der Waals surface area (Å²) in [5.41, 5.74) is 12.2. The number of ether oxygens (including phenoxy) is 2. The second-order valence-electron chi connectivity index (χ2n) is 7.26. The van der Waals surface area contributed by atoms with Crippen molar-refractivity contribution in [2.24, 2.45) is 0 Å². The first kappa shape index (κ1) is 21.2. The van der Waals surface area contributed by atoms with Crippen molar-refractivity contribution in [2.45, 2.75) is 6.92 Å². The van der Waals surface area contributed by atoms with E-state index < -0.39 is 11.6 Å². The van der Waals surface area contributed by atoms with Gasteiger partial charge in [-0.1, -0.05) is 12.1 Å². The maximum atomic E-state index is 13.2. The number of carbonyl (C=O) groups is 2. The quantitative estimate of drug-likeness (QED) is 0.206. The largest absolute Gasteiger partial charge is 0.507 e. The van der Waals surface area contributed by atoms with Crippen LogP contribution < -0.4 is 16.2 Å². The van der Waals surface area contributed by atoms with Crippen LogP contribution in [0, 0.1) is 0 Å². The lowest BCUT2D eigenvalue weighted by molar-refractivity contribution is 0.0975. The SMILES string of the molecule is CCOCCOc1ccc(-c2cc(N)c3c(c2O)C(=O)c2c(N)ccc(O)c2C3=O)cc1. The number of nitrogen functional groups attached to an aromatic ring is 2. The van der Waals surface area contributed by atoms with Gasteiger partial charge in [-0.3, -0.25) is 9.59 Å². The average molecular weight is 434 g/mol. The highest BCUT2D eigenvalue weighted by Crippen LogP contribution is 2.45. The Morgan fingerprint density at radius 1 is 0.812 bits per heavy atom. The highest BCUT2D eigenvalue weighted by molar-refractivity contribution is 6.33. The fraction of sp³-hybridized carbons (Fsp3) is 0.167. The van der Waals surface area contributed by atoms with Gasteiger partial charge in [0.25, 0.3) is 0 Å². The topological polar surface area (TPSA) is 145 Å². The third-order valence-corrected chi connectivity index (χ3v) is 5.32. The number of rotatable bonds is 6. The Labute approximate surface area is 184 Å². The molecule has 0 heterocycles. The zero-order valence-electron chi connectivity index (χ0n) is 17.3. The number of phenolic OH excluding ortho intramolecular Hbond substituents is 2. The van der Waals surface area contributed by atoms with Gasteiger partial charge in [-0.25, -0.2) is 0 Å². The lowest BCUT2D eigenvalue weighted by atomic mass is 9.80. The van der Waals surface area contributed by atoms with Crippen LogP contribution in [0.4, 0.5) is 11.4 Å². The Bertz CT molecular complexity index is 1230. The Kier molecular flexibility index (Phi) is 5.46. The van der Waals surface area contributed by atoms with Gasteiger partial charge in [0.2, 0.25) is 11.6 Å². The van der Waals surface area contributed by atoms with E-state index in [1.165, 1.54) is 18.2 Å². The van der Waals surface area contributed by atoms with Crippen molar-refractivity contribution >= 4 is 22.9 Å². The van der Waals surface area contributed by atoms with E-state index in [2.05, 4.69) is 0 Å². The van der Waals surface area contributed by atoms with Gasteiger partial charge in [0.15, 0.2) is 0 Å². The van der Waals surface area contributed by atoms with Gasteiger partial charge in [-0.05, 0) is 42.8 Å². The van der Waals surface area contributed by atoms with Crippen molar-refractivity contribution < 1.29 is 29.3 Å². The third-order valence-electron chi connectivity index (χ3n) is 5.32. The molecular formula is C24H22N2O6. The molecule has 0 aromatic heterocycles. The van der Waals surface area contributed by atoms with Crippen molar-refractivity contribution in [1.82, 2.24) is 0 Å². The highest BCUT2D eigenvalue weighted by Gasteiger charge is 2.38. The molecule has 1 aliphatic carbocycles. The number of fused-ring (bicyclic) bond motifs is 2. The van der Waals surface area contributed by atoms with Crippen LogP contribution in [-0.4, -0.2) is 41.6 Å². The summed E-state index contributed by atoms with van der Waals surface area (Å²) in [5, 5.41) is 21.1. The minimum Gasteiger partial charge on any atom is -0.507 e. The Hall–Kier alpha value is -4.04. The summed E-state index contributed by atoms with van der Waals surface area (Å²) in [6.07, 6.45) is 0. The van der Waals surface area contributed by atoms with E-state index in [0.717, 1.165) is 0 Å². The fourth-order valence-electron chi connectivity index (χ4n) is 3.80. The van der Waals surface area contributed by atoms with Gasteiger partial charge >= 0.3 is 0 Å². The molecule has 0 fully saturated rings. The van der Waals surface area contributed by atoms with Crippen LogP contribution in [0.15, 0.2) is 42.5 Å². The molecule has 164 valence electrons. The number of anilines is 2. The second-order valence-corrected chi connectivity index (χ2v) is 7.26. The van der Waals surface area contributed by atoms with E-state index in [-0.39, 0.29) is 50.7 Å². The van der Waals surface area contributed by atoms with Crippen LogP contribution in [0.2, 0.25) is 0 Å². The van der Waals surface area contributed by atoms with Gasteiger partial charge in [0.1, 0.15) is 23.9 Å². The summed E-state index contributed by atoms with van der Waals surface area (Å²) in [7, 11) is 0. The average Bonchev–Trinajstić information content (AvgIpc) is 2.78. The number of hydrogen-bond acceptors (Lipinski definition) is 8. The number of hydrogen-bond donors (Lipinski definition) is 4. The molecule has 8 heteroatoms. The van der Waals surface area contributed by atoms with E-state index >= 15 is 0 Å². The van der Waals surface area contributed by atoms with E-state index in [9.17, 15) is 19.8 Å². The number of nitrogens with two attached hydrogens (primary N) is 2. The van der Waals surface area contributed by atoms with Gasteiger partial charge in [-0.15, -0.1) is 0 Å². The maximum absolute atomic E-state index is 13.2. The number of phenols is 2. The summed E-state index contributed by atoms with van der Waals surface area (Å²) >= 11 is 0. The maximum Gasteiger partial charge on any atom is 0.200 e. The molecule has 1 aliphatic rings. The molecule has 0 saturated heterocycles. The Morgan fingerprint density at radius 3 is 2.16 bits per heavy atom. The molecule has 8 nitrogen and oxygen atoms in total. The third kappa shape index (κ3) is 3.40. The lowest BCUT2D eigenvalue weighted by Gasteiger charge is -2.23. The van der Waals surface area contributed by atoms with Gasteiger partial charge < -0.3 is 31.2 Å². The summed E-state index contributed by atoms with van der Waals surface area (Å²) in [5.74, 6) is -1.49. The molecule has 0 bridgehead atoms. The smallest absolute Gasteiger partial charge is 0.200 e. The summed E-state index contributed by atoms with van der Waals surface area (Å²) in [4.78, 5) is 26.3. The van der Waals surface area contributed by atoms with E-state index in [1.54, 1.807) is 24.3 Å². The molecule has 32 heavy (non-hydrogen) atoms. The number of ketones is 2. The predicted octanol–water partition coefficient (Wildman–Crippen LogP) is 3.12. The first-order chi connectivity index (χ1) is 15.3. The lowest BCUT2D eigenvalue weighted by Crippen LogP contribution is -2.24. The summed E-state index contributed by atoms with van der Waals surface area (Å²) in [6.45, 7) is 3.38. The van der Waals surface area contributed by atoms with E-state index in [1.807, 2.05) is 6.92 Å². The molecule has 0 radical (unpaired) electrons. The first-order valence-corrected chi connectivity index (χ1v) is 10.0. The fourth-order valence-corrected chi connectivity index (χ4v) is 3.80. The van der Waals surface area contributed by atoms with Crippen LogP contribution in [-0.2, 0) is 4.74 Å². The monoisotopic (exact) mass is 434 g/mol. The molecule has 3 aromatic rings.